The summed E-state index contributed by atoms with van der Waals surface area (Å²) in [6, 6.07) is 17.3. The van der Waals surface area contributed by atoms with Gasteiger partial charge in [-0.1, -0.05) is 48.5 Å². The lowest BCUT2D eigenvalue weighted by molar-refractivity contribution is -0.0212. The Kier molecular flexibility index (Phi) is 7.79. The number of morpholine rings is 2. The minimum atomic E-state index is 0.0720. The number of aryl methyl sites for hydroxylation is 1. The monoisotopic (exact) mass is 436 g/mol. The molecule has 0 amide bonds. The van der Waals surface area contributed by atoms with Crippen LogP contribution >= 0.6 is 0 Å². The van der Waals surface area contributed by atoms with Gasteiger partial charge in [0.05, 0.1) is 25.9 Å². The zero-order valence-electron chi connectivity index (χ0n) is 19.6. The first-order valence-electron chi connectivity index (χ1n) is 11.7. The lowest BCUT2D eigenvalue weighted by Crippen LogP contribution is -2.48. The average Bonchev–Trinajstić information content (AvgIpc) is 2.80. The van der Waals surface area contributed by atoms with Crippen molar-refractivity contribution in [3.63, 3.8) is 0 Å². The molecule has 0 saturated carbocycles. The third-order valence-electron chi connectivity index (χ3n) is 6.29. The molecule has 2 unspecified atom stereocenters. The quantitative estimate of drug-likeness (QED) is 0.575. The lowest BCUT2D eigenvalue weighted by Gasteiger charge is -2.35. The van der Waals surface area contributed by atoms with E-state index >= 15 is 0 Å². The van der Waals surface area contributed by atoms with E-state index in [0.29, 0.717) is 12.7 Å². The van der Waals surface area contributed by atoms with Crippen molar-refractivity contribution in [3.05, 3.63) is 70.8 Å². The van der Waals surface area contributed by atoms with Crippen molar-refractivity contribution in [3.8, 4) is 0 Å². The molecule has 0 spiro atoms. The number of ether oxygens (including phenoxy) is 2. The van der Waals surface area contributed by atoms with Crippen molar-refractivity contribution in [1.29, 1.82) is 0 Å². The SMILES string of the molecule is CN=C(NCc1cccc(CN2CCOC(C)C2)c1)N1CCOC(c2ccccc2C)C1. The van der Waals surface area contributed by atoms with E-state index in [9.17, 15) is 0 Å². The molecule has 0 bridgehead atoms. The normalized spacial score (nSPS) is 22.7. The highest BCUT2D eigenvalue weighted by Gasteiger charge is 2.25. The molecule has 6 heteroatoms. The van der Waals surface area contributed by atoms with E-state index in [4.69, 9.17) is 9.47 Å². The molecule has 0 radical (unpaired) electrons. The summed E-state index contributed by atoms with van der Waals surface area (Å²) >= 11 is 0. The Bertz CT molecular complexity index is 916. The fraction of sp³-hybridized carbons (Fsp3) is 0.500. The smallest absolute Gasteiger partial charge is 0.194 e. The summed E-state index contributed by atoms with van der Waals surface area (Å²) in [5.74, 6) is 0.930. The summed E-state index contributed by atoms with van der Waals surface area (Å²) in [7, 11) is 1.86. The first kappa shape index (κ1) is 22.8. The molecule has 2 fully saturated rings. The Hall–Kier alpha value is -2.41. The van der Waals surface area contributed by atoms with Crippen LogP contribution in [0.4, 0.5) is 0 Å². The lowest BCUT2D eigenvalue weighted by atomic mass is 10.0. The number of nitrogens with one attached hydrogen (secondary N) is 1. The second-order valence-electron chi connectivity index (χ2n) is 8.80. The van der Waals surface area contributed by atoms with Crippen LogP contribution in [0.5, 0.6) is 0 Å². The number of benzene rings is 2. The predicted octanol–water partition coefficient (Wildman–Crippen LogP) is 3.36. The van der Waals surface area contributed by atoms with E-state index in [1.807, 2.05) is 7.05 Å². The Morgan fingerprint density at radius 3 is 2.66 bits per heavy atom. The number of guanidine groups is 1. The molecule has 0 aromatic heterocycles. The first-order chi connectivity index (χ1) is 15.6. The fourth-order valence-electron chi connectivity index (χ4n) is 4.62. The topological polar surface area (TPSA) is 49.3 Å². The summed E-state index contributed by atoms with van der Waals surface area (Å²) in [5, 5.41) is 3.57. The van der Waals surface area contributed by atoms with E-state index < -0.39 is 0 Å². The van der Waals surface area contributed by atoms with Crippen molar-refractivity contribution in [2.45, 2.75) is 39.1 Å². The zero-order chi connectivity index (χ0) is 22.3. The number of hydrogen-bond donors (Lipinski definition) is 1. The molecule has 6 nitrogen and oxygen atoms in total. The van der Waals surface area contributed by atoms with Crippen LogP contribution in [0.15, 0.2) is 53.5 Å². The van der Waals surface area contributed by atoms with Gasteiger partial charge in [-0.05, 0) is 36.1 Å². The van der Waals surface area contributed by atoms with Gasteiger partial charge in [-0.15, -0.1) is 0 Å². The number of hydrogen-bond acceptors (Lipinski definition) is 4. The average molecular weight is 437 g/mol. The van der Waals surface area contributed by atoms with E-state index in [0.717, 1.165) is 51.8 Å². The Morgan fingerprint density at radius 1 is 1.03 bits per heavy atom. The molecule has 2 aliphatic heterocycles. The van der Waals surface area contributed by atoms with Gasteiger partial charge in [-0.2, -0.15) is 0 Å². The van der Waals surface area contributed by atoms with Crippen LogP contribution in [0.25, 0.3) is 0 Å². The Morgan fingerprint density at radius 2 is 1.84 bits per heavy atom. The third-order valence-corrected chi connectivity index (χ3v) is 6.29. The van der Waals surface area contributed by atoms with Crippen molar-refractivity contribution >= 4 is 5.96 Å². The van der Waals surface area contributed by atoms with Crippen LogP contribution in [0.2, 0.25) is 0 Å². The molecular weight excluding hydrogens is 400 g/mol. The number of aliphatic imine (C=N–C) groups is 1. The number of nitrogens with zero attached hydrogens (tertiary/aromatic N) is 3. The van der Waals surface area contributed by atoms with Gasteiger partial charge in [0.25, 0.3) is 0 Å². The second kappa shape index (κ2) is 10.9. The Labute approximate surface area is 192 Å². The maximum absolute atomic E-state index is 6.09. The van der Waals surface area contributed by atoms with Crippen molar-refractivity contribution < 1.29 is 9.47 Å². The van der Waals surface area contributed by atoms with Gasteiger partial charge in [0, 0.05) is 39.8 Å². The molecule has 2 heterocycles. The van der Waals surface area contributed by atoms with Crippen LogP contribution in [-0.2, 0) is 22.6 Å². The van der Waals surface area contributed by atoms with Crippen molar-refractivity contribution in [2.75, 3.05) is 46.4 Å². The van der Waals surface area contributed by atoms with Gasteiger partial charge >= 0.3 is 0 Å². The van der Waals surface area contributed by atoms with E-state index in [1.54, 1.807) is 0 Å². The van der Waals surface area contributed by atoms with Crippen molar-refractivity contribution in [1.82, 2.24) is 15.1 Å². The molecule has 2 atom stereocenters. The van der Waals surface area contributed by atoms with Crippen molar-refractivity contribution in [2.24, 2.45) is 4.99 Å². The standard InChI is InChI=1S/C26H36N4O2/c1-20-7-4-5-10-24(20)25-19-30(12-14-32-25)26(27-3)28-16-22-8-6-9-23(15-22)18-29-11-13-31-21(2)17-29/h4-10,15,21,25H,11-14,16-19H2,1-3H3,(H,27,28). The molecule has 4 rings (SSSR count). The molecule has 2 saturated heterocycles. The molecule has 32 heavy (non-hydrogen) atoms. The van der Waals surface area contributed by atoms with Crippen LogP contribution in [0.1, 0.15) is 35.3 Å². The summed E-state index contributed by atoms with van der Waals surface area (Å²) in [6.07, 6.45) is 0.386. The minimum absolute atomic E-state index is 0.0720. The molecule has 172 valence electrons. The van der Waals surface area contributed by atoms with Gasteiger partial charge < -0.3 is 19.7 Å². The molecule has 2 aromatic rings. The van der Waals surface area contributed by atoms with Gasteiger partial charge in [0.2, 0.25) is 0 Å². The molecule has 0 aliphatic carbocycles. The highest BCUT2D eigenvalue weighted by Crippen LogP contribution is 2.25. The minimum Gasteiger partial charge on any atom is -0.376 e. The summed E-state index contributed by atoms with van der Waals surface area (Å²) in [4.78, 5) is 9.33. The predicted molar refractivity (Wildman–Crippen MR) is 129 cm³/mol. The highest BCUT2D eigenvalue weighted by atomic mass is 16.5. The largest absolute Gasteiger partial charge is 0.376 e. The van der Waals surface area contributed by atoms with E-state index in [1.165, 1.54) is 22.3 Å². The summed E-state index contributed by atoms with van der Waals surface area (Å²) < 4.78 is 11.8. The molecule has 2 aliphatic rings. The molecule has 2 aromatic carbocycles. The molecule has 1 N–H and O–H groups in total. The van der Waals surface area contributed by atoms with Gasteiger partial charge in [0.1, 0.15) is 6.10 Å². The van der Waals surface area contributed by atoms with Crippen LogP contribution in [-0.4, -0.2) is 68.3 Å². The maximum atomic E-state index is 6.09. The summed E-state index contributed by atoms with van der Waals surface area (Å²) in [5.41, 5.74) is 5.15. The van der Waals surface area contributed by atoms with Gasteiger partial charge in [-0.25, -0.2) is 0 Å². The zero-order valence-corrected chi connectivity index (χ0v) is 19.6. The maximum Gasteiger partial charge on any atom is 0.194 e. The van der Waals surface area contributed by atoms with Crippen LogP contribution < -0.4 is 5.32 Å². The van der Waals surface area contributed by atoms with Gasteiger partial charge in [0.15, 0.2) is 5.96 Å². The molecular formula is C26H36N4O2. The Balaban J connectivity index is 1.35. The first-order valence-corrected chi connectivity index (χ1v) is 11.7. The fourth-order valence-corrected chi connectivity index (χ4v) is 4.62. The van der Waals surface area contributed by atoms with Gasteiger partial charge in [-0.3, -0.25) is 9.89 Å². The van der Waals surface area contributed by atoms with Crippen LogP contribution in [0.3, 0.4) is 0 Å². The second-order valence-corrected chi connectivity index (χ2v) is 8.80. The third kappa shape index (κ3) is 5.88. The highest BCUT2D eigenvalue weighted by molar-refractivity contribution is 5.80. The van der Waals surface area contributed by atoms with Crippen LogP contribution in [0, 0.1) is 6.92 Å². The van der Waals surface area contributed by atoms with E-state index in [2.05, 4.69) is 82.5 Å². The van der Waals surface area contributed by atoms with E-state index in [-0.39, 0.29) is 6.10 Å². The summed E-state index contributed by atoms with van der Waals surface area (Å²) in [6.45, 7) is 11.2. The number of rotatable bonds is 5.